The Labute approximate surface area is 237 Å². The van der Waals surface area contributed by atoms with Crippen LogP contribution in [0.4, 0.5) is 5.69 Å². The highest BCUT2D eigenvalue weighted by atomic mass is 35.5. The van der Waals surface area contributed by atoms with Crippen molar-refractivity contribution in [2.75, 3.05) is 32.1 Å². The molecule has 5 rings (SSSR count). The predicted octanol–water partition coefficient (Wildman–Crippen LogP) is 7.99. The van der Waals surface area contributed by atoms with Gasteiger partial charge in [0.05, 0.1) is 23.2 Å². The molecule has 1 aromatic heterocycles. The summed E-state index contributed by atoms with van der Waals surface area (Å²) in [7, 11) is 2.10. The van der Waals surface area contributed by atoms with Crippen molar-refractivity contribution in [3.8, 4) is 0 Å². The quantitative estimate of drug-likeness (QED) is 0.230. The first-order chi connectivity index (χ1) is 18.4. The van der Waals surface area contributed by atoms with E-state index in [9.17, 15) is 4.79 Å². The molecule has 0 aliphatic heterocycles. The van der Waals surface area contributed by atoms with Crippen LogP contribution < -0.4 is 5.32 Å². The molecule has 1 aliphatic rings. The summed E-state index contributed by atoms with van der Waals surface area (Å²) in [5.74, 6) is -0.498. The van der Waals surface area contributed by atoms with E-state index < -0.39 is 5.97 Å². The van der Waals surface area contributed by atoms with Gasteiger partial charge < -0.3 is 10.1 Å². The van der Waals surface area contributed by atoms with E-state index in [1.807, 2.05) is 12.1 Å². The number of rotatable bonds is 7. The SMILES string of the molecule is CCOC(=O)c1cc(NCCN(C)C2c3ccccc3C=Cc3ccc(Cl)cc32)c2c(Cl)cc(Cl)cc2n1. The van der Waals surface area contributed by atoms with Gasteiger partial charge in [0.2, 0.25) is 0 Å². The van der Waals surface area contributed by atoms with Crippen molar-refractivity contribution in [3.63, 3.8) is 0 Å². The summed E-state index contributed by atoms with van der Waals surface area (Å²) < 4.78 is 5.18. The number of pyridine rings is 1. The second-order valence-electron chi connectivity index (χ2n) is 9.10. The highest BCUT2D eigenvalue weighted by molar-refractivity contribution is 6.39. The van der Waals surface area contributed by atoms with Gasteiger partial charge in [-0.15, -0.1) is 0 Å². The second-order valence-corrected chi connectivity index (χ2v) is 10.4. The van der Waals surface area contributed by atoms with Gasteiger partial charge in [0.25, 0.3) is 0 Å². The van der Waals surface area contributed by atoms with Gasteiger partial charge in [-0.25, -0.2) is 9.78 Å². The third-order valence-corrected chi connectivity index (χ3v) is 7.36. The van der Waals surface area contributed by atoms with E-state index in [0.717, 1.165) is 11.1 Å². The fraction of sp³-hybridized carbons (Fsp3) is 0.200. The molecular formula is C30H26Cl3N3O2. The molecule has 0 saturated heterocycles. The lowest BCUT2D eigenvalue weighted by Crippen LogP contribution is -2.31. The lowest BCUT2D eigenvalue weighted by atomic mass is 9.93. The smallest absolute Gasteiger partial charge is 0.357 e. The summed E-state index contributed by atoms with van der Waals surface area (Å²) in [6.45, 7) is 3.29. The number of hydrogen-bond acceptors (Lipinski definition) is 5. The van der Waals surface area contributed by atoms with Crippen LogP contribution >= 0.6 is 34.8 Å². The fourth-order valence-electron chi connectivity index (χ4n) is 4.90. The maximum absolute atomic E-state index is 12.5. The summed E-state index contributed by atoms with van der Waals surface area (Å²) in [5.41, 5.74) is 6.09. The lowest BCUT2D eigenvalue weighted by molar-refractivity contribution is 0.0520. The minimum Gasteiger partial charge on any atom is -0.461 e. The highest BCUT2D eigenvalue weighted by Gasteiger charge is 2.25. The second kappa shape index (κ2) is 11.3. The van der Waals surface area contributed by atoms with Crippen LogP contribution in [-0.4, -0.2) is 42.6 Å². The largest absolute Gasteiger partial charge is 0.461 e. The Kier molecular flexibility index (Phi) is 7.91. The van der Waals surface area contributed by atoms with Gasteiger partial charge in [-0.05, 0) is 66.6 Å². The van der Waals surface area contributed by atoms with E-state index in [1.54, 1.807) is 25.1 Å². The Morgan fingerprint density at radius 2 is 1.74 bits per heavy atom. The third kappa shape index (κ3) is 5.38. The molecule has 0 spiro atoms. The van der Waals surface area contributed by atoms with Crippen molar-refractivity contribution in [1.29, 1.82) is 0 Å². The zero-order valence-electron chi connectivity index (χ0n) is 21.0. The molecule has 1 unspecified atom stereocenters. The van der Waals surface area contributed by atoms with Gasteiger partial charge in [0, 0.05) is 34.2 Å². The Morgan fingerprint density at radius 3 is 2.53 bits per heavy atom. The number of halogens is 3. The standard InChI is InChI=1S/C30H26Cl3N3O2/c1-3-38-30(37)27-17-25(28-24(33)15-21(32)16-26(28)35-27)34-12-13-36(2)29-22-7-5-4-6-18(22)8-9-19-10-11-20(31)14-23(19)29/h4-11,14-17,29H,3,12-13H2,1-2H3,(H,34,35). The Hall–Kier alpha value is -3.09. The van der Waals surface area contributed by atoms with Gasteiger partial charge in [0.15, 0.2) is 5.69 Å². The summed E-state index contributed by atoms with van der Waals surface area (Å²) in [4.78, 5) is 19.2. The first-order valence-corrected chi connectivity index (χ1v) is 13.5. The van der Waals surface area contributed by atoms with Crippen molar-refractivity contribution >= 4 is 69.5 Å². The van der Waals surface area contributed by atoms with Crippen LogP contribution in [0.1, 0.15) is 45.7 Å². The molecule has 1 atom stereocenters. The number of anilines is 1. The maximum Gasteiger partial charge on any atom is 0.357 e. The van der Waals surface area contributed by atoms with Gasteiger partial charge in [-0.3, -0.25) is 4.90 Å². The van der Waals surface area contributed by atoms with Gasteiger partial charge in [0.1, 0.15) is 0 Å². The number of carbonyl (C=O) groups excluding carboxylic acids is 1. The molecule has 38 heavy (non-hydrogen) atoms. The van der Waals surface area contributed by atoms with Gasteiger partial charge in [-0.1, -0.05) is 77.3 Å². The average Bonchev–Trinajstić information content (AvgIpc) is 3.04. The van der Waals surface area contributed by atoms with Gasteiger partial charge in [-0.2, -0.15) is 0 Å². The van der Waals surface area contributed by atoms with Crippen LogP contribution in [0, 0.1) is 0 Å². The Bertz CT molecular complexity index is 1550. The van der Waals surface area contributed by atoms with E-state index in [-0.39, 0.29) is 18.3 Å². The molecule has 8 heteroatoms. The highest BCUT2D eigenvalue weighted by Crippen LogP contribution is 2.38. The van der Waals surface area contributed by atoms with Crippen LogP contribution in [0.5, 0.6) is 0 Å². The Morgan fingerprint density at radius 1 is 0.974 bits per heavy atom. The molecule has 0 saturated carbocycles. The Balaban J connectivity index is 1.45. The number of benzene rings is 3. The minimum atomic E-state index is -0.498. The number of aromatic nitrogens is 1. The summed E-state index contributed by atoms with van der Waals surface area (Å²) in [5, 5.41) is 5.78. The number of nitrogens with zero attached hydrogens (tertiary/aromatic N) is 2. The van der Waals surface area contributed by atoms with Crippen molar-refractivity contribution in [2.45, 2.75) is 13.0 Å². The summed E-state index contributed by atoms with van der Waals surface area (Å²) in [6, 6.07) is 19.5. The molecule has 0 amide bonds. The third-order valence-electron chi connectivity index (χ3n) is 6.61. The lowest BCUT2D eigenvalue weighted by Gasteiger charge is -2.30. The molecule has 1 N–H and O–H groups in total. The van der Waals surface area contributed by atoms with Crippen LogP contribution in [0.3, 0.4) is 0 Å². The zero-order valence-corrected chi connectivity index (χ0v) is 23.2. The number of hydrogen-bond donors (Lipinski definition) is 1. The number of ether oxygens (including phenoxy) is 1. The minimum absolute atomic E-state index is 0.00312. The van der Waals surface area contributed by atoms with E-state index in [4.69, 9.17) is 39.5 Å². The van der Waals surface area contributed by atoms with E-state index in [2.05, 4.69) is 64.7 Å². The first-order valence-electron chi connectivity index (χ1n) is 12.3. The van der Waals surface area contributed by atoms with Crippen LogP contribution in [0.15, 0.2) is 60.7 Å². The number of esters is 1. The van der Waals surface area contributed by atoms with Crippen molar-refractivity contribution in [3.05, 3.63) is 104 Å². The van der Waals surface area contributed by atoms with Crippen molar-refractivity contribution in [1.82, 2.24) is 9.88 Å². The summed E-state index contributed by atoms with van der Waals surface area (Å²) in [6.07, 6.45) is 4.30. The molecule has 0 bridgehead atoms. The normalized spacial score (nSPS) is 14.2. The van der Waals surface area contributed by atoms with Crippen LogP contribution in [0.2, 0.25) is 15.1 Å². The molecule has 3 aromatic carbocycles. The molecule has 1 heterocycles. The van der Waals surface area contributed by atoms with Crippen molar-refractivity contribution in [2.24, 2.45) is 0 Å². The van der Waals surface area contributed by atoms with Crippen LogP contribution in [-0.2, 0) is 4.74 Å². The van der Waals surface area contributed by atoms with Crippen LogP contribution in [0.25, 0.3) is 23.1 Å². The monoisotopic (exact) mass is 565 g/mol. The molecule has 194 valence electrons. The summed E-state index contributed by atoms with van der Waals surface area (Å²) >= 11 is 19.2. The predicted molar refractivity (Wildman–Crippen MR) is 158 cm³/mol. The van der Waals surface area contributed by atoms with Crippen molar-refractivity contribution < 1.29 is 9.53 Å². The number of fused-ring (bicyclic) bond motifs is 3. The van der Waals surface area contributed by atoms with E-state index in [1.165, 1.54) is 11.1 Å². The molecule has 0 radical (unpaired) electrons. The maximum atomic E-state index is 12.5. The first kappa shape index (κ1) is 26.5. The molecule has 4 aromatic rings. The molecule has 5 nitrogen and oxygen atoms in total. The topological polar surface area (TPSA) is 54.5 Å². The number of carbonyl (C=O) groups is 1. The zero-order chi connectivity index (χ0) is 26.8. The molecular weight excluding hydrogens is 541 g/mol. The fourth-order valence-corrected chi connectivity index (χ4v) is 5.66. The van der Waals surface area contributed by atoms with E-state index in [0.29, 0.717) is 44.7 Å². The molecule has 1 aliphatic carbocycles. The van der Waals surface area contributed by atoms with E-state index >= 15 is 0 Å². The number of nitrogens with one attached hydrogen (secondary N) is 1. The number of likely N-dealkylation sites (N-methyl/N-ethyl adjacent to an activating group) is 1. The van der Waals surface area contributed by atoms with Gasteiger partial charge >= 0.3 is 5.97 Å². The average molecular weight is 567 g/mol. The molecule has 0 fully saturated rings.